The Morgan fingerprint density at radius 2 is 1.58 bits per heavy atom. The summed E-state index contributed by atoms with van der Waals surface area (Å²) < 4.78 is 31.7. The zero-order chi connectivity index (χ0) is 27.1. The molecule has 4 aromatic rings. The second-order valence-electron chi connectivity index (χ2n) is 8.55. The monoisotopic (exact) mass is 522 g/mol. The molecule has 5 rings (SSSR count). The molecule has 0 bridgehead atoms. The van der Waals surface area contributed by atoms with Crippen molar-refractivity contribution >= 4 is 17.6 Å². The molecular weight excluding hydrogens is 497 g/mol. The number of carbonyl (C=O) groups excluding carboxylic acids is 1. The molecule has 0 fully saturated rings. The molecule has 0 spiro atoms. The van der Waals surface area contributed by atoms with E-state index in [2.05, 4.69) is 45.2 Å². The van der Waals surface area contributed by atoms with Gasteiger partial charge in [0.05, 0.1) is 18.6 Å². The summed E-state index contributed by atoms with van der Waals surface area (Å²) in [4.78, 5) is 34.2. The molecule has 196 valence electrons. The lowest BCUT2D eigenvalue weighted by Gasteiger charge is -2.24. The van der Waals surface area contributed by atoms with Gasteiger partial charge in [0.1, 0.15) is 0 Å². The fourth-order valence-electron chi connectivity index (χ4n) is 4.22. The van der Waals surface area contributed by atoms with Crippen LogP contribution in [0.3, 0.4) is 0 Å². The number of aromatic nitrogens is 2. The van der Waals surface area contributed by atoms with Gasteiger partial charge in [-0.05, 0) is 28.8 Å². The van der Waals surface area contributed by atoms with Crippen LogP contribution in [0.1, 0.15) is 21.6 Å². The number of amides is 1. The SMILES string of the molecule is O=C(O)C(F)(F)F.O=C(c1ccccc1-c1ccccc1)N1CCN(Cc2c[nH]cn2)c2ccccc2C1. The van der Waals surface area contributed by atoms with Gasteiger partial charge in [0.15, 0.2) is 0 Å². The van der Waals surface area contributed by atoms with Crippen LogP contribution in [-0.2, 0) is 17.9 Å². The summed E-state index contributed by atoms with van der Waals surface area (Å²) in [6.45, 7) is 2.71. The van der Waals surface area contributed by atoms with E-state index in [0.717, 1.165) is 40.2 Å². The number of nitrogens with zero attached hydrogens (tertiary/aromatic N) is 3. The smallest absolute Gasteiger partial charge is 0.475 e. The molecular formula is C28H25F3N4O3. The van der Waals surface area contributed by atoms with Gasteiger partial charge in [-0.25, -0.2) is 9.78 Å². The highest BCUT2D eigenvalue weighted by molar-refractivity contribution is 6.01. The first-order valence-corrected chi connectivity index (χ1v) is 11.8. The van der Waals surface area contributed by atoms with Crippen LogP contribution >= 0.6 is 0 Å². The summed E-state index contributed by atoms with van der Waals surface area (Å²) in [5, 5.41) is 7.12. The van der Waals surface area contributed by atoms with Crippen molar-refractivity contribution in [3.8, 4) is 11.1 Å². The highest BCUT2D eigenvalue weighted by Gasteiger charge is 2.38. The van der Waals surface area contributed by atoms with Gasteiger partial charge in [-0.1, -0.05) is 66.7 Å². The van der Waals surface area contributed by atoms with E-state index < -0.39 is 12.1 Å². The summed E-state index contributed by atoms with van der Waals surface area (Å²) in [7, 11) is 0. The van der Waals surface area contributed by atoms with Crippen LogP contribution in [0.25, 0.3) is 11.1 Å². The number of fused-ring (bicyclic) bond motifs is 1. The molecule has 2 heterocycles. The number of hydrogen-bond acceptors (Lipinski definition) is 4. The Morgan fingerprint density at radius 1 is 0.921 bits per heavy atom. The number of nitrogens with one attached hydrogen (secondary N) is 1. The fourth-order valence-corrected chi connectivity index (χ4v) is 4.22. The minimum atomic E-state index is -5.08. The van der Waals surface area contributed by atoms with Gasteiger partial charge in [0.25, 0.3) is 5.91 Å². The average Bonchev–Trinajstić information content (AvgIpc) is 3.36. The predicted molar refractivity (Wildman–Crippen MR) is 136 cm³/mol. The van der Waals surface area contributed by atoms with Crippen molar-refractivity contribution in [2.75, 3.05) is 18.0 Å². The number of aliphatic carboxylic acids is 1. The third kappa shape index (κ3) is 6.39. The number of carboxylic acid groups (broad SMARTS) is 1. The molecule has 0 radical (unpaired) electrons. The molecule has 0 atom stereocenters. The first-order chi connectivity index (χ1) is 18.2. The van der Waals surface area contributed by atoms with E-state index in [9.17, 15) is 18.0 Å². The maximum atomic E-state index is 13.7. The lowest BCUT2D eigenvalue weighted by molar-refractivity contribution is -0.192. The molecule has 10 heteroatoms. The molecule has 0 saturated carbocycles. The molecule has 38 heavy (non-hydrogen) atoms. The van der Waals surface area contributed by atoms with Gasteiger partial charge >= 0.3 is 12.1 Å². The Bertz CT molecular complexity index is 1380. The number of imidazole rings is 1. The first kappa shape index (κ1) is 26.5. The maximum Gasteiger partial charge on any atom is 0.490 e. The van der Waals surface area contributed by atoms with Crippen LogP contribution in [0.2, 0.25) is 0 Å². The van der Waals surface area contributed by atoms with E-state index in [1.807, 2.05) is 59.6 Å². The van der Waals surface area contributed by atoms with E-state index in [1.54, 1.807) is 6.33 Å². The van der Waals surface area contributed by atoms with Gasteiger partial charge in [0, 0.05) is 37.1 Å². The van der Waals surface area contributed by atoms with Crippen LogP contribution in [-0.4, -0.2) is 51.1 Å². The summed E-state index contributed by atoms with van der Waals surface area (Å²) >= 11 is 0. The van der Waals surface area contributed by atoms with Gasteiger partial charge in [0.2, 0.25) is 0 Å². The van der Waals surface area contributed by atoms with Crippen molar-refractivity contribution in [2.45, 2.75) is 19.3 Å². The van der Waals surface area contributed by atoms with Crippen LogP contribution in [0, 0.1) is 0 Å². The topological polar surface area (TPSA) is 89.5 Å². The number of carbonyl (C=O) groups is 2. The highest BCUT2D eigenvalue weighted by atomic mass is 19.4. The van der Waals surface area contributed by atoms with Crippen LogP contribution < -0.4 is 4.90 Å². The molecule has 7 nitrogen and oxygen atoms in total. The number of alkyl halides is 3. The summed E-state index contributed by atoms with van der Waals surface area (Å²) in [5.41, 5.74) is 6.08. The number of carboxylic acids is 1. The van der Waals surface area contributed by atoms with Crippen molar-refractivity contribution in [2.24, 2.45) is 0 Å². The fraction of sp³-hybridized carbons (Fsp3) is 0.179. The molecule has 1 aliphatic rings. The number of H-pyrrole nitrogens is 1. The summed E-state index contributed by atoms with van der Waals surface area (Å²) in [5.74, 6) is -2.69. The number of rotatable bonds is 4. The largest absolute Gasteiger partial charge is 0.490 e. The Kier molecular flexibility index (Phi) is 8.10. The standard InChI is InChI=1S/C26H24N4O.C2HF3O2/c31-26(24-12-6-5-11-23(24)20-8-2-1-3-9-20)30-15-14-29(18-22-16-27-19-28-22)25-13-7-4-10-21(25)17-30;3-2(4,5)1(6)7/h1-13,16,19H,14-15,17-18H2,(H,27,28);(H,6,7). The number of aromatic amines is 1. The molecule has 1 aliphatic heterocycles. The third-order valence-electron chi connectivity index (χ3n) is 6.01. The molecule has 0 unspecified atom stereocenters. The van der Waals surface area contributed by atoms with Crippen molar-refractivity contribution in [3.63, 3.8) is 0 Å². The van der Waals surface area contributed by atoms with Gasteiger partial charge in [-0.15, -0.1) is 0 Å². The van der Waals surface area contributed by atoms with E-state index in [4.69, 9.17) is 9.90 Å². The van der Waals surface area contributed by atoms with E-state index >= 15 is 0 Å². The van der Waals surface area contributed by atoms with Crippen LogP contribution in [0.15, 0.2) is 91.4 Å². The zero-order valence-electron chi connectivity index (χ0n) is 20.2. The Morgan fingerprint density at radius 3 is 2.26 bits per heavy atom. The Balaban J connectivity index is 0.000000426. The second-order valence-corrected chi connectivity index (χ2v) is 8.55. The molecule has 1 amide bonds. The number of benzene rings is 3. The normalized spacial score (nSPS) is 13.1. The van der Waals surface area contributed by atoms with Crippen molar-refractivity contribution < 1.29 is 27.9 Å². The quantitative estimate of drug-likeness (QED) is 0.376. The molecule has 2 N–H and O–H groups in total. The van der Waals surface area contributed by atoms with Crippen LogP contribution in [0.4, 0.5) is 18.9 Å². The molecule has 0 saturated heterocycles. The maximum absolute atomic E-state index is 13.7. The summed E-state index contributed by atoms with van der Waals surface area (Å²) in [6.07, 6.45) is -1.46. The van der Waals surface area contributed by atoms with E-state index in [0.29, 0.717) is 19.6 Å². The van der Waals surface area contributed by atoms with Crippen molar-refractivity contribution in [1.29, 1.82) is 0 Å². The number of para-hydroxylation sites is 1. The van der Waals surface area contributed by atoms with Gasteiger partial charge in [-0.3, -0.25) is 4.79 Å². The zero-order valence-corrected chi connectivity index (χ0v) is 20.2. The predicted octanol–water partition coefficient (Wildman–Crippen LogP) is 5.37. The third-order valence-corrected chi connectivity index (χ3v) is 6.01. The Hall–Kier alpha value is -4.60. The summed E-state index contributed by atoms with van der Waals surface area (Å²) in [6, 6.07) is 26.3. The minimum Gasteiger partial charge on any atom is -0.475 e. The van der Waals surface area contributed by atoms with Crippen molar-refractivity contribution in [3.05, 3.63) is 108 Å². The van der Waals surface area contributed by atoms with E-state index in [1.165, 1.54) is 0 Å². The molecule has 1 aromatic heterocycles. The van der Waals surface area contributed by atoms with Crippen molar-refractivity contribution in [1.82, 2.24) is 14.9 Å². The number of halogens is 3. The highest BCUT2D eigenvalue weighted by Crippen LogP contribution is 2.29. The average molecular weight is 523 g/mol. The van der Waals surface area contributed by atoms with Crippen LogP contribution in [0.5, 0.6) is 0 Å². The lowest BCUT2D eigenvalue weighted by Crippen LogP contribution is -2.35. The number of anilines is 1. The van der Waals surface area contributed by atoms with Gasteiger partial charge in [-0.2, -0.15) is 13.2 Å². The number of hydrogen-bond donors (Lipinski definition) is 2. The molecule has 0 aliphatic carbocycles. The molecule has 3 aromatic carbocycles. The minimum absolute atomic E-state index is 0.0656. The first-order valence-electron chi connectivity index (χ1n) is 11.8. The van der Waals surface area contributed by atoms with E-state index in [-0.39, 0.29) is 5.91 Å². The van der Waals surface area contributed by atoms with Gasteiger partial charge < -0.3 is 19.9 Å². The second kappa shape index (κ2) is 11.6. The Labute approximate surface area is 217 Å². The lowest BCUT2D eigenvalue weighted by atomic mass is 9.98.